The number of rotatable bonds is 15. The maximum absolute atomic E-state index is 13.8. The number of anilines is 1. The van der Waals surface area contributed by atoms with Gasteiger partial charge in [0.05, 0.1) is 18.6 Å². The molecular weight excluding hydrogens is 538 g/mol. The summed E-state index contributed by atoms with van der Waals surface area (Å²) in [6.07, 6.45) is 1.89. The summed E-state index contributed by atoms with van der Waals surface area (Å²) in [5.41, 5.74) is 3.44. The van der Waals surface area contributed by atoms with Crippen LogP contribution in [0, 0.1) is 6.92 Å². The largest absolute Gasteiger partial charge is 0.494 e. The SMILES string of the molecule is CCNC(=O)[C@H](Cc1ccccc1)N(Cc1cccc(C)c1)C(=O)CCCN(c1ccc(OCC)cc1)S(C)(=O)=O. The van der Waals surface area contributed by atoms with Gasteiger partial charge in [-0.25, -0.2) is 8.42 Å². The van der Waals surface area contributed by atoms with Crippen LogP contribution in [0.25, 0.3) is 0 Å². The smallest absolute Gasteiger partial charge is 0.243 e. The fourth-order valence-corrected chi connectivity index (χ4v) is 5.70. The van der Waals surface area contributed by atoms with E-state index in [0.29, 0.717) is 31.0 Å². The molecule has 8 nitrogen and oxygen atoms in total. The predicted molar refractivity (Wildman–Crippen MR) is 163 cm³/mol. The molecule has 0 fully saturated rings. The second-order valence-corrected chi connectivity index (χ2v) is 11.9. The number of sulfonamides is 1. The van der Waals surface area contributed by atoms with Crippen LogP contribution >= 0.6 is 0 Å². The second kappa shape index (κ2) is 15.2. The molecule has 0 bridgehead atoms. The van der Waals surface area contributed by atoms with Crippen molar-refractivity contribution in [2.45, 2.75) is 52.6 Å². The third kappa shape index (κ3) is 9.63. The lowest BCUT2D eigenvalue weighted by atomic mass is 10.0. The molecule has 0 aromatic heterocycles. The van der Waals surface area contributed by atoms with Crippen molar-refractivity contribution in [3.05, 3.63) is 95.6 Å². The van der Waals surface area contributed by atoms with Gasteiger partial charge in [-0.3, -0.25) is 13.9 Å². The van der Waals surface area contributed by atoms with E-state index in [4.69, 9.17) is 4.74 Å². The summed E-state index contributed by atoms with van der Waals surface area (Å²) in [4.78, 5) is 28.8. The predicted octanol–water partition coefficient (Wildman–Crippen LogP) is 4.72. The lowest BCUT2D eigenvalue weighted by molar-refractivity contribution is -0.141. The Morgan fingerprint density at radius 3 is 2.22 bits per heavy atom. The molecule has 0 spiro atoms. The summed E-state index contributed by atoms with van der Waals surface area (Å²) in [5, 5.41) is 2.90. The Morgan fingerprint density at radius 2 is 1.61 bits per heavy atom. The zero-order valence-corrected chi connectivity index (χ0v) is 25.2. The van der Waals surface area contributed by atoms with E-state index in [1.807, 2.05) is 75.4 Å². The minimum atomic E-state index is -3.59. The van der Waals surface area contributed by atoms with E-state index in [0.717, 1.165) is 22.9 Å². The van der Waals surface area contributed by atoms with Crippen LogP contribution < -0.4 is 14.4 Å². The van der Waals surface area contributed by atoms with Gasteiger partial charge < -0.3 is 15.0 Å². The first-order valence-electron chi connectivity index (χ1n) is 14.0. The molecular formula is C32H41N3O5S. The minimum Gasteiger partial charge on any atom is -0.494 e. The molecule has 1 atom stereocenters. The molecule has 3 aromatic rings. The molecule has 41 heavy (non-hydrogen) atoms. The fraction of sp³-hybridized carbons (Fsp3) is 0.375. The molecule has 2 amide bonds. The van der Waals surface area contributed by atoms with Crippen molar-refractivity contribution < 1.29 is 22.7 Å². The Bertz CT molecular complexity index is 1380. The van der Waals surface area contributed by atoms with E-state index < -0.39 is 16.1 Å². The van der Waals surface area contributed by atoms with Gasteiger partial charge in [-0.05, 0) is 62.6 Å². The van der Waals surface area contributed by atoms with E-state index in [2.05, 4.69) is 5.32 Å². The van der Waals surface area contributed by atoms with Crippen LogP contribution in [0.15, 0.2) is 78.9 Å². The third-order valence-electron chi connectivity index (χ3n) is 6.65. The van der Waals surface area contributed by atoms with Gasteiger partial charge >= 0.3 is 0 Å². The fourth-order valence-electron chi connectivity index (χ4n) is 4.73. The van der Waals surface area contributed by atoms with Gasteiger partial charge in [0.25, 0.3) is 0 Å². The van der Waals surface area contributed by atoms with Crippen molar-refractivity contribution in [3.63, 3.8) is 0 Å². The molecule has 0 aliphatic heterocycles. The van der Waals surface area contributed by atoms with Crippen LogP contribution in [0.2, 0.25) is 0 Å². The molecule has 0 aliphatic rings. The van der Waals surface area contributed by atoms with Gasteiger partial charge in [0.2, 0.25) is 21.8 Å². The van der Waals surface area contributed by atoms with Crippen LogP contribution in [-0.2, 0) is 32.6 Å². The Morgan fingerprint density at radius 1 is 0.927 bits per heavy atom. The summed E-state index contributed by atoms with van der Waals surface area (Å²) >= 11 is 0. The summed E-state index contributed by atoms with van der Waals surface area (Å²) in [5.74, 6) is 0.227. The van der Waals surface area contributed by atoms with Gasteiger partial charge in [0.1, 0.15) is 11.8 Å². The van der Waals surface area contributed by atoms with Crippen LogP contribution in [0.3, 0.4) is 0 Å². The topological polar surface area (TPSA) is 96.0 Å². The van der Waals surface area contributed by atoms with Crippen molar-refractivity contribution in [2.24, 2.45) is 0 Å². The Kier molecular flexibility index (Phi) is 11.8. The van der Waals surface area contributed by atoms with E-state index in [-0.39, 0.29) is 37.7 Å². The second-order valence-electron chi connectivity index (χ2n) is 9.98. The van der Waals surface area contributed by atoms with Gasteiger partial charge in [0.15, 0.2) is 0 Å². The lowest BCUT2D eigenvalue weighted by Crippen LogP contribution is -2.50. The highest BCUT2D eigenvalue weighted by atomic mass is 32.2. The zero-order chi connectivity index (χ0) is 29.8. The average molecular weight is 580 g/mol. The Balaban J connectivity index is 1.84. The number of benzene rings is 3. The number of nitrogens with zero attached hydrogens (tertiary/aromatic N) is 2. The first-order chi connectivity index (χ1) is 19.6. The highest BCUT2D eigenvalue weighted by Crippen LogP contribution is 2.23. The molecule has 3 rings (SSSR count). The number of nitrogens with one attached hydrogen (secondary N) is 1. The normalized spacial score (nSPS) is 11.9. The maximum Gasteiger partial charge on any atom is 0.243 e. The van der Waals surface area contributed by atoms with Crippen LogP contribution in [0.5, 0.6) is 5.75 Å². The van der Waals surface area contributed by atoms with E-state index in [9.17, 15) is 18.0 Å². The molecule has 220 valence electrons. The monoisotopic (exact) mass is 579 g/mol. The molecule has 1 N–H and O–H groups in total. The molecule has 0 saturated heterocycles. The average Bonchev–Trinajstić information content (AvgIpc) is 2.94. The molecule has 0 radical (unpaired) electrons. The molecule has 3 aromatic carbocycles. The third-order valence-corrected chi connectivity index (χ3v) is 7.84. The molecule has 0 aliphatic carbocycles. The summed E-state index contributed by atoms with van der Waals surface area (Å²) < 4.78 is 32.1. The highest BCUT2D eigenvalue weighted by Gasteiger charge is 2.30. The number of likely N-dealkylation sites (N-methyl/N-ethyl adjacent to an activating group) is 1. The van der Waals surface area contributed by atoms with E-state index in [1.54, 1.807) is 29.2 Å². The van der Waals surface area contributed by atoms with Crippen LogP contribution in [0.1, 0.15) is 43.4 Å². The first kappa shape index (κ1) is 31.7. The standard InChI is InChI=1S/C32H41N3O5S/c1-5-33-32(37)30(23-26-13-8-7-9-14-26)34(24-27-15-10-12-25(3)22-27)31(36)16-11-21-35(41(4,38)39)28-17-19-29(20-18-28)40-6-2/h7-10,12-15,17-20,22,30H,5-6,11,16,21,23-24H2,1-4H3,(H,33,37)/t30-/m0/s1. The molecule has 0 heterocycles. The Hall–Kier alpha value is -3.85. The van der Waals surface area contributed by atoms with E-state index in [1.165, 1.54) is 4.31 Å². The van der Waals surface area contributed by atoms with E-state index >= 15 is 0 Å². The van der Waals surface area contributed by atoms with Crippen molar-refractivity contribution in [1.82, 2.24) is 10.2 Å². The maximum atomic E-state index is 13.8. The van der Waals surface area contributed by atoms with Crippen LogP contribution in [-0.4, -0.2) is 57.1 Å². The van der Waals surface area contributed by atoms with Gasteiger partial charge in [0, 0.05) is 32.5 Å². The number of aryl methyl sites for hydroxylation is 1. The number of carbonyl (C=O) groups excluding carboxylic acids is 2. The number of hydrogen-bond acceptors (Lipinski definition) is 5. The van der Waals surface area contributed by atoms with Crippen molar-refractivity contribution >= 4 is 27.5 Å². The quantitative estimate of drug-likeness (QED) is 0.281. The lowest BCUT2D eigenvalue weighted by Gasteiger charge is -2.32. The molecule has 0 unspecified atom stereocenters. The van der Waals surface area contributed by atoms with Gasteiger partial charge in [-0.15, -0.1) is 0 Å². The van der Waals surface area contributed by atoms with Crippen molar-refractivity contribution in [2.75, 3.05) is 30.3 Å². The van der Waals surface area contributed by atoms with Gasteiger partial charge in [-0.2, -0.15) is 0 Å². The number of carbonyl (C=O) groups is 2. The summed E-state index contributed by atoms with van der Waals surface area (Å²) in [6, 6.07) is 23.6. The zero-order valence-electron chi connectivity index (χ0n) is 24.4. The summed E-state index contributed by atoms with van der Waals surface area (Å²) in [6.45, 7) is 7.07. The summed E-state index contributed by atoms with van der Waals surface area (Å²) in [7, 11) is -3.59. The molecule has 0 saturated carbocycles. The van der Waals surface area contributed by atoms with Gasteiger partial charge in [-0.1, -0.05) is 60.2 Å². The van der Waals surface area contributed by atoms with Crippen molar-refractivity contribution in [3.8, 4) is 5.75 Å². The number of ether oxygens (including phenoxy) is 1. The Labute approximate surface area is 244 Å². The minimum absolute atomic E-state index is 0.0829. The highest BCUT2D eigenvalue weighted by molar-refractivity contribution is 7.92. The van der Waals surface area contributed by atoms with Crippen LogP contribution in [0.4, 0.5) is 5.69 Å². The molecule has 9 heteroatoms. The number of hydrogen-bond donors (Lipinski definition) is 1. The number of amides is 2. The first-order valence-corrected chi connectivity index (χ1v) is 15.8. The van der Waals surface area contributed by atoms with Crippen molar-refractivity contribution in [1.29, 1.82) is 0 Å².